The lowest BCUT2D eigenvalue weighted by Crippen LogP contribution is -2.43. The molecule has 2 aromatic carbocycles. The van der Waals surface area contributed by atoms with E-state index in [1.165, 1.54) is 30.3 Å². The average Bonchev–Trinajstić information content (AvgIpc) is 2.56. The molecule has 3 N–H and O–H groups in total. The highest BCUT2D eigenvalue weighted by Crippen LogP contribution is 2.31. The fourth-order valence-electron chi connectivity index (χ4n) is 1.74. The van der Waals surface area contributed by atoms with Crippen molar-refractivity contribution in [1.29, 1.82) is 0 Å². The monoisotopic (exact) mass is 454 g/mol. The number of thiocarbonyl (C=S) groups is 1. The quantitative estimate of drug-likeness (QED) is 0.272. The second kappa shape index (κ2) is 8.33. The molecule has 0 saturated carbocycles. The Morgan fingerprint density at radius 1 is 1.08 bits per heavy atom. The highest BCUT2D eigenvalue weighted by Gasteiger charge is 2.20. The maximum absolute atomic E-state index is 12.3. The van der Waals surface area contributed by atoms with Gasteiger partial charge in [0, 0.05) is 17.8 Å². The molecule has 0 aliphatic carbocycles. The summed E-state index contributed by atoms with van der Waals surface area (Å²) in [5.74, 6) is 0. The van der Waals surface area contributed by atoms with Crippen LogP contribution in [-0.4, -0.2) is 18.5 Å². The molecule has 0 aromatic heterocycles. The molecule has 0 aliphatic heterocycles. The van der Waals surface area contributed by atoms with Crippen LogP contribution in [0.3, 0.4) is 0 Å². The van der Waals surface area contributed by atoms with Gasteiger partial charge in [-0.1, -0.05) is 40.9 Å². The molecule has 8 nitrogen and oxygen atoms in total. The summed E-state index contributed by atoms with van der Waals surface area (Å²) in [6.45, 7) is 0. The Bertz CT molecular complexity index is 985. The summed E-state index contributed by atoms with van der Waals surface area (Å²) in [5.41, 5.74) is 2.40. The van der Waals surface area contributed by atoms with Crippen LogP contribution >= 0.6 is 47.0 Å². The number of sulfonamides is 1. The maximum atomic E-state index is 12.3. The zero-order valence-corrected chi connectivity index (χ0v) is 16.4. The van der Waals surface area contributed by atoms with Gasteiger partial charge in [-0.15, -0.1) is 4.83 Å². The largest absolute Gasteiger partial charge is 0.331 e. The number of nitro benzene ring substituents is 1. The number of rotatable bonds is 5. The normalized spacial score (nSPS) is 11.0. The van der Waals surface area contributed by atoms with Crippen LogP contribution in [0, 0.1) is 10.1 Å². The molecule has 2 rings (SSSR count). The summed E-state index contributed by atoms with van der Waals surface area (Å²) in [5, 5.41) is 13.2. The summed E-state index contributed by atoms with van der Waals surface area (Å²) in [6, 6.07) is 7.79. The van der Waals surface area contributed by atoms with E-state index in [1.807, 2.05) is 4.83 Å². The van der Waals surface area contributed by atoms with Crippen LogP contribution in [0.4, 0.5) is 11.4 Å². The predicted molar refractivity (Wildman–Crippen MR) is 104 cm³/mol. The van der Waals surface area contributed by atoms with Gasteiger partial charge < -0.3 is 5.32 Å². The number of non-ortho nitro benzene ring substituents is 1. The minimum absolute atomic E-state index is 0.00809. The van der Waals surface area contributed by atoms with E-state index < -0.39 is 14.9 Å². The minimum Gasteiger partial charge on any atom is -0.331 e. The Morgan fingerprint density at radius 2 is 1.73 bits per heavy atom. The number of hydrazine groups is 1. The van der Waals surface area contributed by atoms with Gasteiger partial charge in [0.05, 0.1) is 20.0 Å². The Kier molecular flexibility index (Phi) is 6.61. The molecule has 0 unspecified atom stereocenters. The van der Waals surface area contributed by atoms with Crippen LogP contribution in [0.15, 0.2) is 41.3 Å². The van der Waals surface area contributed by atoms with Crippen molar-refractivity contribution in [3.8, 4) is 0 Å². The zero-order valence-electron chi connectivity index (χ0n) is 12.5. The fourth-order valence-corrected chi connectivity index (χ4v) is 3.82. The van der Waals surface area contributed by atoms with E-state index in [-0.39, 0.29) is 30.8 Å². The molecule has 0 aliphatic rings. The third-order valence-electron chi connectivity index (χ3n) is 2.88. The first kappa shape index (κ1) is 20.6. The van der Waals surface area contributed by atoms with Gasteiger partial charge in [0.1, 0.15) is 4.90 Å². The lowest BCUT2D eigenvalue weighted by Gasteiger charge is -2.13. The predicted octanol–water partition coefficient (Wildman–Crippen LogP) is 3.73. The van der Waals surface area contributed by atoms with Gasteiger partial charge in [0.25, 0.3) is 15.7 Å². The standard InChI is InChI=1S/C13H9Cl3N4O4S2/c14-9-5-11(16)12(6-10(9)15)26(23,24)19-18-13(25)17-7-2-1-3-8(4-7)20(21)22/h1-6,19H,(H2,17,18,25). The van der Waals surface area contributed by atoms with Gasteiger partial charge >= 0.3 is 0 Å². The molecule has 138 valence electrons. The third kappa shape index (κ3) is 5.16. The molecule has 0 spiro atoms. The summed E-state index contributed by atoms with van der Waals surface area (Å²) in [4.78, 5) is 11.9. The van der Waals surface area contributed by atoms with Gasteiger partial charge in [-0.3, -0.25) is 15.5 Å². The van der Waals surface area contributed by atoms with Crippen LogP contribution in [-0.2, 0) is 10.0 Å². The molecule has 0 bridgehead atoms. The number of nitrogens with one attached hydrogen (secondary N) is 3. The summed E-state index contributed by atoms with van der Waals surface area (Å²) in [7, 11) is -4.11. The van der Waals surface area contributed by atoms with Crippen LogP contribution in [0.1, 0.15) is 0 Å². The Hall–Kier alpha value is -1.69. The van der Waals surface area contributed by atoms with Crippen molar-refractivity contribution >= 4 is 73.5 Å². The number of benzene rings is 2. The molecule has 0 fully saturated rings. The molecule has 2 aromatic rings. The van der Waals surface area contributed by atoms with E-state index in [4.69, 9.17) is 47.0 Å². The fraction of sp³-hybridized carbons (Fsp3) is 0. The first-order valence-corrected chi connectivity index (χ1v) is 9.60. The van der Waals surface area contributed by atoms with Gasteiger partial charge in [-0.25, -0.2) is 8.42 Å². The SMILES string of the molecule is O=[N+]([O-])c1cccc(NC(=S)NNS(=O)(=O)c2cc(Cl)c(Cl)cc2Cl)c1. The molecule has 0 radical (unpaired) electrons. The van der Waals surface area contributed by atoms with E-state index in [2.05, 4.69) is 10.7 Å². The number of anilines is 1. The van der Waals surface area contributed by atoms with Crippen molar-refractivity contribution in [2.75, 3.05) is 5.32 Å². The van der Waals surface area contributed by atoms with E-state index in [0.29, 0.717) is 5.69 Å². The third-order valence-corrected chi connectivity index (χ3v) is 5.52. The second-order valence-corrected chi connectivity index (χ2v) is 7.97. The topological polar surface area (TPSA) is 113 Å². The summed E-state index contributed by atoms with van der Waals surface area (Å²) in [6.07, 6.45) is 0. The van der Waals surface area contributed by atoms with Crippen molar-refractivity contribution in [3.05, 3.63) is 61.6 Å². The molecule has 0 heterocycles. The van der Waals surface area contributed by atoms with Crippen LogP contribution in [0.2, 0.25) is 15.1 Å². The lowest BCUT2D eigenvalue weighted by molar-refractivity contribution is -0.384. The van der Waals surface area contributed by atoms with Gasteiger partial charge in [-0.2, -0.15) is 0 Å². The van der Waals surface area contributed by atoms with E-state index >= 15 is 0 Å². The number of halogens is 3. The smallest absolute Gasteiger partial charge is 0.271 e. The molecule has 0 atom stereocenters. The van der Waals surface area contributed by atoms with Gasteiger partial charge in [-0.05, 0) is 30.4 Å². The maximum Gasteiger partial charge on any atom is 0.271 e. The average molecular weight is 456 g/mol. The van der Waals surface area contributed by atoms with Crippen LogP contribution in [0.5, 0.6) is 0 Å². The zero-order chi connectivity index (χ0) is 19.5. The molecule has 26 heavy (non-hydrogen) atoms. The summed E-state index contributed by atoms with van der Waals surface area (Å²) >= 11 is 22.4. The molecule has 13 heteroatoms. The van der Waals surface area contributed by atoms with E-state index in [1.54, 1.807) is 0 Å². The molecule has 0 saturated heterocycles. The first-order chi connectivity index (χ1) is 12.1. The van der Waals surface area contributed by atoms with Crippen molar-refractivity contribution < 1.29 is 13.3 Å². The lowest BCUT2D eigenvalue weighted by atomic mass is 10.3. The minimum atomic E-state index is -4.11. The van der Waals surface area contributed by atoms with Crippen LogP contribution in [0.25, 0.3) is 0 Å². The van der Waals surface area contributed by atoms with Crippen molar-refractivity contribution in [3.63, 3.8) is 0 Å². The Balaban J connectivity index is 2.08. The van der Waals surface area contributed by atoms with E-state index in [9.17, 15) is 18.5 Å². The Labute approximate surface area is 168 Å². The second-order valence-electron chi connectivity index (χ2n) is 4.69. The van der Waals surface area contributed by atoms with Gasteiger partial charge in [0.2, 0.25) is 0 Å². The number of hydrogen-bond donors (Lipinski definition) is 3. The molecule has 0 amide bonds. The number of nitro groups is 1. The van der Waals surface area contributed by atoms with E-state index in [0.717, 1.165) is 6.07 Å². The first-order valence-electron chi connectivity index (χ1n) is 6.58. The Morgan fingerprint density at radius 3 is 2.38 bits per heavy atom. The molecular formula is C13H9Cl3N4O4S2. The number of nitrogens with zero attached hydrogens (tertiary/aromatic N) is 1. The summed E-state index contributed by atoms with van der Waals surface area (Å²) < 4.78 is 24.6. The molecular weight excluding hydrogens is 447 g/mol. The van der Waals surface area contributed by atoms with Crippen molar-refractivity contribution in [2.24, 2.45) is 0 Å². The van der Waals surface area contributed by atoms with Crippen molar-refractivity contribution in [2.45, 2.75) is 4.90 Å². The highest BCUT2D eigenvalue weighted by atomic mass is 35.5. The number of hydrogen-bond acceptors (Lipinski definition) is 5. The van der Waals surface area contributed by atoms with Crippen molar-refractivity contribution in [1.82, 2.24) is 10.3 Å². The highest BCUT2D eigenvalue weighted by molar-refractivity contribution is 7.89. The van der Waals surface area contributed by atoms with Gasteiger partial charge in [0.15, 0.2) is 5.11 Å². The van der Waals surface area contributed by atoms with Crippen LogP contribution < -0.4 is 15.6 Å².